The first-order valence-corrected chi connectivity index (χ1v) is 8.05. The fraction of sp³-hybridized carbons (Fsp3) is 1.00. The van der Waals surface area contributed by atoms with Crippen molar-refractivity contribution in [1.82, 2.24) is 5.32 Å². The van der Waals surface area contributed by atoms with E-state index in [0.29, 0.717) is 0 Å². The second kappa shape index (κ2) is 5.30. The number of hydrogen-bond donors (Lipinski definition) is 1. The smallest absolute Gasteiger partial charge is 0.00977 e. The Morgan fingerprint density at radius 1 is 0.941 bits per heavy atom. The van der Waals surface area contributed by atoms with E-state index in [-0.39, 0.29) is 0 Å². The van der Waals surface area contributed by atoms with Crippen molar-refractivity contribution >= 4 is 0 Å². The zero-order valence-corrected chi connectivity index (χ0v) is 11.5. The van der Waals surface area contributed by atoms with Gasteiger partial charge >= 0.3 is 0 Å². The van der Waals surface area contributed by atoms with Crippen molar-refractivity contribution in [3.63, 3.8) is 0 Å². The summed E-state index contributed by atoms with van der Waals surface area (Å²) in [5, 5.41) is 3.68. The van der Waals surface area contributed by atoms with Gasteiger partial charge in [-0.3, -0.25) is 0 Å². The first-order valence-electron chi connectivity index (χ1n) is 8.05. The van der Waals surface area contributed by atoms with Gasteiger partial charge in [-0.2, -0.15) is 0 Å². The van der Waals surface area contributed by atoms with E-state index in [1.54, 1.807) is 0 Å². The largest absolute Gasteiger partial charge is 0.317 e. The normalized spacial score (nSPS) is 27.9. The second-order valence-electron chi connectivity index (χ2n) is 6.88. The maximum absolute atomic E-state index is 3.68. The van der Waals surface area contributed by atoms with E-state index in [1.165, 1.54) is 64.2 Å². The molecule has 3 aliphatic rings. The quantitative estimate of drug-likeness (QED) is 0.704. The van der Waals surface area contributed by atoms with Gasteiger partial charge < -0.3 is 5.32 Å². The van der Waals surface area contributed by atoms with E-state index in [4.69, 9.17) is 0 Å². The molecule has 1 atom stereocenters. The van der Waals surface area contributed by atoms with Crippen molar-refractivity contribution in [3.8, 4) is 0 Å². The average molecular weight is 235 g/mol. The fourth-order valence-corrected chi connectivity index (χ4v) is 4.04. The molecule has 0 aliphatic heterocycles. The summed E-state index contributed by atoms with van der Waals surface area (Å²) in [7, 11) is 2.21. The predicted octanol–water partition coefficient (Wildman–Crippen LogP) is 3.98. The molecule has 1 N–H and O–H groups in total. The minimum Gasteiger partial charge on any atom is -0.317 e. The summed E-state index contributed by atoms with van der Waals surface area (Å²) in [4.78, 5) is 0. The van der Waals surface area contributed by atoms with Crippen LogP contribution in [-0.2, 0) is 0 Å². The van der Waals surface area contributed by atoms with Crippen LogP contribution < -0.4 is 5.32 Å². The summed E-state index contributed by atoms with van der Waals surface area (Å²) in [6, 6.07) is 0.839. The van der Waals surface area contributed by atoms with Gasteiger partial charge in [0, 0.05) is 6.04 Å². The molecule has 0 radical (unpaired) electrons. The van der Waals surface area contributed by atoms with Crippen LogP contribution in [0.1, 0.15) is 64.2 Å². The molecule has 1 unspecified atom stereocenters. The minimum absolute atomic E-state index is 0.839. The molecule has 0 bridgehead atoms. The molecule has 0 spiro atoms. The highest BCUT2D eigenvalue weighted by atomic mass is 14.9. The van der Waals surface area contributed by atoms with Crippen molar-refractivity contribution in [1.29, 1.82) is 0 Å². The zero-order valence-electron chi connectivity index (χ0n) is 11.5. The van der Waals surface area contributed by atoms with E-state index in [2.05, 4.69) is 12.4 Å². The average Bonchev–Trinajstić information content (AvgIpc) is 2.96. The molecule has 0 aromatic heterocycles. The molecular weight excluding hydrogens is 206 g/mol. The van der Waals surface area contributed by atoms with Crippen molar-refractivity contribution in [2.45, 2.75) is 70.3 Å². The van der Waals surface area contributed by atoms with Crippen molar-refractivity contribution < 1.29 is 0 Å². The molecule has 3 aliphatic carbocycles. The van der Waals surface area contributed by atoms with Crippen molar-refractivity contribution in [2.75, 3.05) is 7.05 Å². The standard InChI is InChI=1S/C16H29N/c1-17-15(11-10-12-8-9-12)16(13-4-2-5-13)14-6-3-7-14/h12-17H,2-11H2,1H3. The molecule has 0 heterocycles. The van der Waals surface area contributed by atoms with Gasteiger partial charge in [0.2, 0.25) is 0 Å². The third kappa shape index (κ3) is 2.70. The molecule has 3 saturated carbocycles. The summed E-state index contributed by atoms with van der Waals surface area (Å²) >= 11 is 0. The van der Waals surface area contributed by atoms with Gasteiger partial charge in [0.25, 0.3) is 0 Å². The predicted molar refractivity (Wildman–Crippen MR) is 73.0 cm³/mol. The van der Waals surface area contributed by atoms with Gasteiger partial charge in [0.15, 0.2) is 0 Å². The summed E-state index contributed by atoms with van der Waals surface area (Å²) in [6.07, 6.45) is 15.1. The summed E-state index contributed by atoms with van der Waals surface area (Å²) in [5.41, 5.74) is 0. The highest BCUT2D eigenvalue weighted by Gasteiger charge is 2.40. The van der Waals surface area contributed by atoms with Gasteiger partial charge in [0.1, 0.15) is 0 Å². The van der Waals surface area contributed by atoms with Gasteiger partial charge in [-0.15, -0.1) is 0 Å². The Morgan fingerprint density at radius 3 is 1.88 bits per heavy atom. The van der Waals surface area contributed by atoms with Crippen molar-refractivity contribution in [2.24, 2.45) is 23.7 Å². The third-order valence-electron chi connectivity index (χ3n) is 5.81. The van der Waals surface area contributed by atoms with Crippen LogP contribution in [0.25, 0.3) is 0 Å². The van der Waals surface area contributed by atoms with E-state index >= 15 is 0 Å². The Morgan fingerprint density at radius 2 is 1.53 bits per heavy atom. The van der Waals surface area contributed by atoms with Crippen LogP contribution in [0.3, 0.4) is 0 Å². The molecule has 98 valence electrons. The third-order valence-corrected chi connectivity index (χ3v) is 5.81. The van der Waals surface area contributed by atoms with E-state index in [1.807, 2.05) is 0 Å². The molecule has 0 aromatic carbocycles. The molecule has 1 heteroatoms. The van der Waals surface area contributed by atoms with Crippen LogP contribution in [0.2, 0.25) is 0 Å². The van der Waals surface area contributed by atoms with Crippen LogP contribution in [-0.4, -0.2) is 13.1 Å². The maximum Gasteiger partial charge on any atom is 0.00977 e. The van der Waals surface area contributed by atoms with E-state index in [0.717, 1.165) is 29.7 Å². The lowest BCUT2D eigenvalue weighted by molar-refractivity contribution is 0.0585. The Balaban J connectivity index is 1.56. The lowest BCUT2D eigenvalue weighted by atomic mass is 9.61. The first-order chi connectivity index (χ1) is 8.38. The fourth-order valence-electron chi connectivity index (χ4n) is 4.04. The zero-order chi connectivity index (χ0) is 11.7. The molecule has 1 nitrogen and oxygen atoms in total. The first kappa shape index (κ1) is 12.0. The topological polar surface area (TPSA) is 12.0 Å². The molecule has 3 rings (SSSR count). The SMILES string of the molecule is CNC(CCC1CC1)C(C1CCC1)C1CCC1. The lowest BCUT2D eigenvalue weighted by Gasteiger charge is -2.46. The Bertz CT molecular complexity index is 224. The van der Waals surface area contributed by atoms with Gasteiger partial charge in [-0.1, -0.05) is 51.4 Å². The maximum atomic E-state index is 3.68. The van der Waals surface area contributed by atoms with Crippen LogP contribution in [0.5, 0.6) is 0 Å². The Hall–Kier alpha value is -0.0400. The van der Waals surface area contributed by atoms with Crippen LogP contribution in [0, 0.1) is 23.7 Å². The Kier molecular flexibility index (Phi) is 3.75. The molecular formula is C16H29N. The van der Waals surface area contributed by atoms with Gasteiger partial charge in [-0.25, -0.2) is 0 Å². The number of rotatable bonds is 7. The summed E-state index contributed by atoms with van der Waals surface area (Å²) < 4.78 is 0. The summed E-state index contributed by atoms with van der Waals surface area (Å²) in [6.45, 7) is 0. The molecule has 3 fully saturated rings. The molecule has 0 saturated heterocycles. The monoisotopic (exact) mass is 235 g/mol. The van der Waals surface area contributed by atoms with Crippen LogP contribution >= 0.6 is 0 Å². The second-order valence-corrected chi connectivity index (χ2v) is 6.88. The highest BCUT2D eigenvalue weighted by Crippen LogP contribution is 2.47. The molecule has 17 heavy (non-hydrogen) atoms. The lowest BCUT2D eigenvalue weighted by Crippen LogP contribution is -2.45. The molecule has 0 aromatic rings. The van der Waals surface area contributed by atoms with Gasteiger partial charge in [-0.05, 0) is 43.6 Å². The molecule has 0 amide bonds. The van der Waals surface area contributed by atoms with Crippen molar-refractivity contribution in [3.05, 3.63) is 0 Å². The van der Waals surface area contributed by atoms with Crippen LogP contribution in [0.15, 0.2) is 0 Å². The number of hydrogen-bond acceptors (Lipinski definition) is 1. The Labute approximate surface area is 107 Å². The van der Waals surface area contributed by atoms with Crippen LogP contribution in [0.4, 0.5) is 0 Å². The summed E-state index contributed by atoms with van der Waals surface area (Å²) in [5.74, 6) is 4.30. The highest BCUT2D eigenvalue weighted by molar-refractivity contribution is 4.93. The minimum atomic E-state index is 0.839. The van der Waals surface area contributed by atoms with E-state index in [9.17, 15) is 0 Å². The van der Waals surface area contributed by atoms with E-state index < -0.39 is 0 Å². The number of nitrogens with one attached hydrogen (secondary N) is 1. The van der Waals surface area contributed by atoms with Gasteiger partial charge in [0.05, 0.1) is 0 Å².